The average molecular weight is 446 g/mol. The molecule has 164 valence electrons. The summed E-state index contributed by atoms with van der Waals surface area (Å²) in [6.45, 7) is -0.120. The summed E-state index contributed by atoms with van der Waals surface area (Å²) >= 11 is 0. The molecule has 1 amide bonds. The number of non-ortho nitro benzene ring substituents is 1. The highest BCUT2D eigenvalue weighted by atomic mass is 32.2. The second kappa shape index (κ2) is 9.71. The zero-order valence-corrected chi connectivity index (χ0v) is 17.3. The molecule has 2 atom stereocenters. The number of sulfonamides is 1. The fourth-order valence-corrected chi connectivity index (χ4v) is 4.72. The number of carbonyl (C=O) groups is 1. The highest BCUT2D eigenvalue weighted by molar-refractivity contribution is 7.89. The predicted octanol–water partition coefficient (Wildman–Crippen LogP) is 3.39. The number of aliphatic hydroxyl groups is 1. The van der Waals surface area contributed by atoms with E-state index in [1.807, 2.05) is 0 Å². The third-order valence-electron chi connectivity index (χ3n) is 4.85. The van der Waals surface area contributed by atoms with Gasteiger partial charge in [-0.1, -0.05) is 42.5 Å². The van der Waals surface area contributed by atoms with Crippen LogP contribution >= 0.6 is 0 Å². The fourth-order valence-electron chi connectivity index (χ4n) is 3.23. The number of hydrogen-bond donors (Lipinski definition) is 1. The molecule has 2 aromatic carbocycles. The zero-order valence-electron chi connectivity index (χ0n) is 16.5. The zero-order chi connectivity index (χ0) is 22.4. The largest absolute Gasteiger partial charge is 0.444 e. The molecule has 31 heavy (non-hydrogen) atoms. The van der Waals surface area contributed by atoms with Crippen LogP contribution in [0.15, 0.2) is 71.6 Å². The van der Waals surface area contributed by atoms with Gasteiger partial charge in [-0.3, -0.25) is 10.1 Å². The van der Waals surface area contributed by atoms with Crippen LogP contribution in [0.5, 0.6) is 0 Å². The molecule has 1 N–H and O–H groups in total. The number of hydrogen-bond acceptors (Lipinski definition) is 7. The van der Waals surface area contributed by atoms with Crippen molar-refractivity contribution in [3.63, 3.8) is 0 Å². The van der Waals surface area contributed by atoms with Gasteiger partial charge in [-0.05, 0) is 37.0 Å². The second-order valence-corrected chi connectivity index (χ2v) is 8.86. The lowest BCUT2D eigenvalue weighted by molar-refractivity contribution is -0.384. The van der Waals surface area contributed by atoms with Crippen molar-refractivity contribution in [3.05, 3.63) is 82.4 Å². The molecule has 0 unspecified atom stereocenters. The first-order valence-corrected chi connectivity index (χ1v) is 11.1. The van der Waals surface area contributed by atoms with Gasteiger partial charge < -0.3 is 9.84 Å². The van der Waals surface area contributed by atoms with Crippen LogP contribution in [0.4, 0.5) is 10.5 Å². The number of nitro benzene ring substituents is 1. The Morgan fingerprint density at radius 3 is 2.42 bits per heavy atom. The van der Waals surface area contributed by atoms with Gasteiger partial charge in [0.2, 0.25) is 0 Å². The molecule has 3 rings (SSSR count). The van der Waals surface area contributed by atoms with E-state index in [1.54, 1.807) is 30.3 Å². The first-order chi connectivity index (χ1) is 14.8. The molecular weight excluding hydrogens is 424 g/mol. The summed E-state index contributed by atoms with van der Waals surface area (Å²) < 4.78 is 32.6. The van der Waals surface area contributed by atoms with Gasteiger partial charge in [-0.15, -0.1) is 0 Å². The lowest BCUT2D eigenvalue weighted by atomic mass is 10.1. The van der Waals surface area contributed by atoms with Gasteiger partial charge in [0, 0.05) is 12.1 Å². The number of rotatable bonds is 6. The summed E-state index contributed by atoms with van der Waals surface area (Å²) in [5, 5.41) is 20.7. The SMILES string of the molecule is O=C(OCc1ccccc1)N([C@H]1C=C[C@H](O)CCC1)S(=O)(=O)c1ccc([N+](=O)[O-])cc1. The summed E-state index contributed by atoms with van der Waals surface area (Å²) in [6, 6.07) is 12.3. The van der Waals surface area contributed by atoms with E-state index in [0.29, 0.717) is 29.1 Å². The van der Waals surface area contributed by atoms with Gasteiger partial charge in [0.15, 0.2) is 0 Å². The standard InChI is InChI=1S/C21H22N2O7S/c24-19-8-4-7-17(9-12-19)22(21(25)30-15-16-5-2-1-3-6-16)31(28,29)20-13-10-18(11-14-20)23(26)27/h1-3,5-6,9-14,17,19,24H,4,7-8,15H2/t17-,19-/m1/s1. The number of amides is 1. The first kappa shape index (κ1) is 22.4. The van der Waals surface area contributed by atoms with Crippen molar-refractivity contribution < 1.29 is 28.0 Å². The lowest BCUT2D eigenvalue weighted by Crippen LogP contribution is -2.44. The molecule has 0 bridgehead atoms. The molecule has 0 saturated carbocycles. The van der Waals surface area contributed by atoms with Crippen molar-refractivity contribution in [1.82, 2.24) is 4.31 Å². The van der Waals surface area contributed by atoms with Crippen molar-refractivity contribution in [2.45, 2.75) is 42.9 Å². The molecule has 0 aliphatic heterocycles. The summed E-state index contributed by atoms with van der Waals surface area (Å²) in [7, 11) is -4.38. The Labute approximate surface area is 179 Å². The monoisotopic (exact) mass is 446 g/mol. The maximum Gasteiger partial charge on any atom is 0.424 e. The first-order valence-electron chi connectivity index (χ1n) is 9.65. The van der Waals surface area contributed by atoms with Crippen LogP contribution in [-0.4, -0.2) is 41.0 Å². The van der Waals surface area contributed by atoms with Crippen LogP contribution in [-0.2, 0) is 21.4 Å². The maximum atomic E-state index is 13.3. The minimum atomic E-state index is -4.38. The summed E-state index contributed by atoms with van der Waals surface area (Å²) in [4.78, 5) is 22.9. The summed E-state index contributed by atoms with van der Waals surface area (Å²) in [5.41, 5.74) is 0.421. The van der Waals surface area contributed by atoms with Crippen LogP contribution in [0.1, 0.15) is 24.8 Å². The Kier molecular flexibility index (Phi) is 7.03. The normalized spacial score (nSPS) is 18.7. The number of carbonyl (C=O) groups excluding carboxylic acids is 1. The van der Waals surface area contributed by atoms with Crippen LogP contribution < -0.4 is 0 Å². The molecule has 0 saturated heterocycles. The third kappa shape index (κ3) is 5.47. The molecule has 0 spiro atoms. The Balaban J connectivity index is 1.92. The van der Waals surface area contributed by atoms with Gasteiger partial charge in [0.1, 0.15) is 6.61 Å². The Hall–Kier alpha value is -3.24. The Morgan fingerprint density at radius 2 is 1.77 bits per heavy atom. The fraction of sp³-hybridized carbons (Fsp3) is 0.286. The summed E-state index contributed by atoms with van der Waals surface area (Å²) in [6.07, 6.45) is 2.39. The molecule has 10 heteroatoms. The van der Waals surface area contributed by atoms with Gasteiger partial charge in [-0.25, -0.2) is 13.2 Å². The second-order valence-electron chi connectivity index (χ2n) is 7.04. The number of benzene rings is 2. The molecule has 1 aliphatic carbocycles. The molecule has 9 nitrogen and oxygen atoms in total. The van der Waals surface area contributed by atoms with E-state index in [1.165, 1.54) is 12.2 Å². The number of aliphatic hydroxyl groups excluding tert-OH is 1. The predicted molar refractivity (Wildman–Crippen MR) is 112 cm³/mol. The highest BCUT2D eigenvalue weighted by Crippen LogP contribution is 2.26. The Morgan fingerprint density at radius 1 is 1.10 bits per heavy atom. The molecule has 0 heterocycles. The number of ether oxygens (including phenoxy) is 1. The van der Waals surface area contributed by atoms with Crippen molar-refractivity contribution in [3.8, 4) is 0 Å². The molecule has 2 aromatic rings. The third-order valence-corrected chi connectivity index (χ3v) is 6.65. The number of nitro groups is 1. The van der Waals surface area contributed by atoms with Crippen molar-refractivity contribution in [1.29, 1.82) is 0 Å². The van der Waals surface area contributed by atoms with E-state index in [2.05, 4.69) is 0 Å². The van der Waals surface area contributed by atoms with Crippen molar-refractivity contribution >= 4 is 21.8 Å². The van der Waals surface area contributed by atoms with Gasteiger partial charge in [0.05, 0.1) is 22.0 Å². The summed E-state index contributed by atoms with van der Waals surface area (Å²) in [5.74, 6) is 0. The Bertz CT molecular complexity index is 1050. The number of nitrogens with zero attached hydrogens (tertiary/aromatic N) is 2. The lowest BCUT2D eigenvalue weighted by Gasteiger charge is -2.28. The van der Waals surface area contributed by atoms with E-state index < -0.39 is 33.2 Å². The van der Waals surface area contributed by atoms with E-state index in [9.17, 15) is 28.4 Å². The van der Waals surface area contributed by atoms with E-state index in [0.717, 1.165) is 24.3 Å². The van der Waals surface area contributed by atoms with Crippen LogP contribution in [0.2, 0.25) is 0 Å². The molecule has 0 aromatic heterocycles. The maximum absolute atomic E-state index is 13.3. The molecule has 0 fully saturated rings. The topological polar surface area (TPSA) is 127 Å². The van der Waals surface area contributed by atoms with Gasteiger partial charge in [0.25, 0.3) is 15.7 Å². The molecule has 0 radical (unpaired) electrons. The van der Waals surface area contributed by atoms with Crippen LogP contribution in [0.3, 0.4) is 0 Å². The van der Waals surface area contributed by atoms with Crippen molar-refractivity contribution in [2.75, 3.05) is 0 Å². The molecule has 1 aliphatic rings. The van der Waals surface area contributed by atoms with E-state index in [4.69, 9.17) is 4.74 Å². The van der Waals surface area contributed by atoms with Gasteiger partial charge >= 0.3 is 6.09 Å². The van der Waals surface area contributed by atoms with Gasteiger partial charge in [-0.2, -0.15) is 4.31 Å². The molecular formula is C21H22N2O7S. The smallest absolute Gasteiger partial charge is 0.424 e. The quantitative estimate of drug-likeness (QED) is 0.409. The minimum absolute atomic E-state index is 0.120. The van der Waals surface area contributed by atoms with Crippen molar-refractivity contribution in [2.24, 2.45) is 0 Å². The van der Waals surface area contributed by atoms with E-state index in [-0.39, 0.29) is 17.2 Å². The highest BCUT2D eigenvalue weighted by Gasteiger charge is 2.36. The van der Waals surface area contributed by atoms with E-state index >= 15 is 0 Å². The minimum Gasteiger partial charge on any atom is -0.444 e. The van der Waals surface area contributed by atoms with Crippen LogP contribution in [0.25, 0.3) is 0 Å². The average Bonchev–Trinajstić information content (AvgIpc) is 2.97. The van der Waals surface area contributed by atoms with Crippen LogP contribution in [0, 0.1) is 10.1 Å².